The number of methoxy groups -OCH3 is 1. The summed E-state index contributed by atoms with van der Waals surface area (Å²) in [5.74, 6) is 8.32. The average molecular weight is 1870 g/mol. The summed E-state index contributed by atoms with van der Waals surface area (Å²) in [6.07, 6.45) is 1.70. The van der Waals surface area contributed by atoms with Crippen LogP contribution in [-0.2, 0) is 73.5 Å². The van der Waals surface area contributed by atoms with E-state index in [2.05, 4.69) is 92.3 Å². The van der Waals surface area contributed by atoms with Crippen LogP contribution in [-0.4, -0.2) is 136 Å². The minimum Gasteiger partial charge on any atom is -0.497 e. The molecule has 0 aliphatic carbocycles. The van der Waals surface area contributed by atoms with Crippen molar-refractivity contribution in [3.05, 3.63) is 311 Å². The number of carbonyl (C=O) groups is 6. The number of ether oxygens (including phenoxy) is 13. The molecule has 30 heteroatoms. The second kappa shape index (κ2) is 50.5. The van der Waals surface area contributed by atoms with E-state index in [-0.39, 0.29) is 47.7 Å². The lowest BCUT2D eigenvalue weighted by atomic mass is 10.1. The Kier molecular flexibility index (Phi) is 36.4. The normalized spacial score (nSPS) is 12.8. The maximum atomic E-state index is 12.8. The number of amides is 6. The Morgan fingerprint density at radius 1 is 0.285 bits per heavy atom. The van der Waals surface area contributed by atoms with Gasteiger partial charge in [-0.3, -0.25) is 28.8 Å². The number of alkyl halides is 3. The largest absolute Gasteiger partial charge is 0.497 e. The summed E-state index contributed by atoms with van der Waals surface area (Å²) >= 11 is 0. The third kappa shape index (κ3) is 32.3. The van der Waals surface area contributed by atoms with Gasteiger partial charge < -0.3 is 98.4 Å². The zero-order valence-corrected chi connectivity index (χ0v) is 76.5. The highest BCUT2D eigenvalue weighted by Crippen LogP contribution is 2.39. The molecule has 137 heavy (non-hydrogen) atoms. The third-order valence-corrected chi connectivity index (χ3v) is 21.6. The molecule has 26 nitrogen and oxygen atoms in total. The number of nitrogens with one attached hydrogen (secondary N) is 6. The Labute approximate surface area is 792 Å². The molecule has 6 aliphatic heterocycles. The van der Waals surface area contributed by atoms with E-state index in [0.717, 1.165) is 93.0 Å². The molecule has 0 unspecified atom stereocenters. The summed E-state index contributed by atoms with van der Waals surface area (Å²) in [7, 11) is 5.65. The minimum absolute atomic E-state index is 0.00254. The van der Waals surface area contributed by atoms with Crippen molar-refractivity contribution in [1.82, 2.24) is 0 Å². The van der Waals surface area contributed by atoms with Crippen molar-refractivity contribution in [3.8, 4) is 74.7 Å². The molecular formula is C107H109F4N7O19. The van der Waals surface area contributed by atoms with Crippen molar-refractivity contribution in [3.63, 3.8) is 0 Å². The molecule has 6 N–H and O–H groups in total. The Morgan fingerprint density at radius 2 is 0.504 bits per heavy atom. The number of hydrogen-bond acceptors (Lipinski definition) is 20. The first-order chi connectivity index (χ1) is 66.5. The molecule has 0 spiro atoms. The summed E-state index contributed by atoms with van der Waals surface area (Å²) in [5.41, 5.74) is 12.0. The van der Waals surface area contributed by atoms with Crippen LogP contribution in [0.5, 0.6) is 74.7 Å². The maximum absolute atomic E-state index is 12.8. The number of anilines is 7. The number of halogens is 4. The van der Waals surface area contributed by atoms with E-state index in [1.54, 1.807) is 79.9 Å². The molecule has 0 saturated heterocycles. The van der Waals surface area contributed by atoms with Crippen LogP contribution < -0.4 is 98.4 Å². The molecule has 0 aromatic heterocycles. The van der Waals surface area contributed by atoms with Crippen molar-refractivity contribution in [2.24, 2.45) is 0 Å². The quantitative estimate of drug-likeness (QED) is 0.0275. The van der Waals surface area contributed by atoms with Gasteiger partial charge in [0.05, 0.1) is 12.7 Å². The topological polar surface area (TPSA) is 298 Å². The molecule has 12 aromatic rings. The molecular weight excluding hydrogens is 1760 g/mol. The molecule has 6 aliphatic rings. The first-order valence-electron chi connectivity index (χ1n) is 45.1. The van der Waals surface area contributed by atoms with Crippen LogP contribution in [0.15, 0.2) is 261 Å². The van der Waals surface area contributed by atoms with E-state index in [1.807, 2.05) is 117 Å². The molecule has 0 atom stereocenters. The summed E-state index contributed by atoms with van der Waals surface area (Å²) in [5, 5.41) is 17.2. The van der Waals surface area contributed by atoms with E-state index in [0.29, 0.717) is 211 Å². The molecule has 0 bridgehead atoms. The van der Waals surface area contributed by atoms with Gasteiger partial charge in [-0.15, -0.1) is 0 Å². The van der Waals surface area contributed by atoms with Crippen LogP contribution in [0.25, 0.3) is 0 Å². The van der Waals surface area contributed by atoms with Crippen LogP contribution in [0.3, 0.4) is 0 Å². The predicted molar refractivity (Wildman–Crippen MR) is 516 cm³/mol. The third-order valence-electron chi connectivity index (χ3n) is 21.6. The van der Waals surface area contributed by atoms with Gasteiger partial charge in [-0.1, -0.05) is 109 Å². The van der Waals surface area contributed by atoms with E-state index in [1.165, 1.54) is 35.4 Å². The molecule has 0 saturated carbocycles. The lowest BCUT2D eigenvalue weighted by Crippen LogP contribution is -2.16. The second-order valence-corrected chi connectivity index (χ2v) is 32.1. The zero-order chi connectivity index (χ0) is 96.1. The van der Waals surface area contributed by atoms with Crippen molar-refractivity contribution in [2.45, 2.75) is 90.1 Å². The average Bonchev–Trinajstić information content (AvgIpc) is 0.855. The van der Waals surface area contributed by atoms with Crippen LogP contribution in [0, 0.1) is 12.7 Å². The van der Waals surface area contributed by atoms with Crippen LogP contribution in [0.1, 0.15) is 83.0 Å². The fraction of sp³-hybridized carbons (Fsp3) is 0.271. The van der Waals surface area contributed by atoms with E-state index in [4.69, 9.17) is 61.6 Å². The van der Waals surface area contributed by atoms with Gasteiger partial charge in [-0.2, -0.15) is 13.2 Å². The zero-order valence-electron chi connectivity index (χ0n) is 76.5. The van der Waals surface area contributed by atoms with Crippen LogP contribution >= 0.6 is 0 Å². The number of benzene rings is 12. The fourth-order valence-electron chi connectivity index (χ4n) is 14.3. The highest BCUT2D eigenvalue weighted by atomic mass is 19.4. The van der Waals surface area contributed by atoms with Gasteiger partial charge in [-0.05, 0) is 200 Å². The van der Waals surface area contributed by atoms with Gasteiger partial charge in [0, 0.05) is 129 Å². The smallest absolute Gasteiger partial charge is 0.416 e. The van der Waals surface area contributed by atoms with Crippen molar-refractivity contribution in [1.29, 1.82) is 0 Å². The Bertz CT molecular complexity index is 5880. The molecule has 6 amide bonds. The Morgan fingerprint density at radius 3 is 0.745 bits per heavy atom. The maximum Gasteiger partial charge on any atom is 0.416 e. The summed E-state index contributed by atoms with van der Waals surface area (Å²) in [4.78, 5) is 74.2. The second-order valence-electron chi connectivity index (χ2n) is 32.1. The SMILES string of the molecule is CN(C)c1ccc(CCC(=O)Nc2ccc3c(c2)OCCO3)cc1.COc1ccc(CCC(=O)Nc2ccc3c(c2)OCCO3)cc1.Cc1ccc(CCC(=O)Nc2ccc3c(c2)OCCO3)cc1.O=C(CCc1ccc(C(F)(F)F)cc1)Nc1ccc2c(c1)OCCO2.O=C(CCc1ccc(F)cc1)Nc1ccc2c(c1)OCCO2.O=C(CCc1ccccc1)Nc1ccc2c(c1)OCCO2. The molecule has 714 valence electrons. The number of aryl methyl sites for hydroxylation is 7. The summed E-state index contributed by atoms with van der Waals surface area (Å²) in [6.45, 7) is 8.44. The number of rotatable bonds is 26. The van der Waals surface area contributed by atoms with Crippen molar-refractivity contribution < 1.29 is 108 Å². The number of nitrogens with zero attached hydrogens (tertiary/aromatic N) is 1. The molecule has 0 fully saturated rings. The lowest BCUT2D eigenvalue weighted by Gasteiger charge is -2.19. The first-order valence-corrected chi connectivity index (χ1v) is 45.1. The van der Waals surface area contributed by atoms with Crippen molar-refractivity contribution >= 4 is 75.3 Å². The number of fused-ring (bicyclic) bond motifs is 6. The van der Waals surface area contributed by atoms with Gasteiger partial charge in [0.1, 0.15) is 90.8 Å². The van der Waals surface area contributed by atoms with Gasteiger partial charge in [0.25, 0.3) is 0 Å². The van der Waals surface area contributed by atoms with Gasteiger partial charge in [0.2, 0.25) is 35.4 Å². The monoisotopic (exact) mass is 1870 g/mol. The van der Waals surface area contributed by atoms with Gasteiger partial charge in [-0.25, -0.2) is 4.39 Å². The lowest BCUT2D eigenvalue weighted by molar-refractivity contribution is -0.137. The standard InChI is InChI=1S/C19H22N2O3.C18H16F3NO3.C18H19NO4.C18H19NO3.C17H16FNO3.C17H17NO3/c1-21(2)16-7-3-14(4-8-16)5-10-19(22)20-15-6-9-17-18(13-15)24-12-11-23-17;19-18(20,21)13-4-1-12(2-5-13)3-8-17(23)22-14-6-7-15-16(11-14)25-10-9-24-15;1-21-15-6-2-13(3-7-15)4-9-18(20)19-14-5-8-16-17(12-14)23-11-10-22-16;1-13-2-4-14(5-3-13)6-9-18(20)19-15-7-8-16-17(12-15)22-11-10-21-16;18-13-4-1-12(2-5-13)3-8-17(20)19-14-6-7-15-16(11-14)22-10-9-21-15;19-17(9-6-13-4-2-1-3-5-13)18-14-7-8-15-16(12-14)21-11-10-20-15/h3-4,6-9,13H,5,10-12H2,1-2H3,(H,20,22);1-2,4-7,11H,3,8-10H2,(H,22,23);2-3,5-8,12H,4,9-11H2,1H3,(H,19,20);2-5,7-8,12H,6,9-11H2,1H3,(H,19,20);1-2,4-7,11H,3,8-10H2,(H,19,20);1-5,7-8,12H,6,9-11H2,(H,18,19). The molecule has 18 rings (SSSR count). The Balaban J connectivity index is 0.000000139. The van der Waals surface area contributed by atoms with Crippen LogP contribution in [0.2, 0.25) is 0 Å². The molecule has 6 heterocycles. The van der Waals surface area contributed by atoms with E-state index < -0.39 is 11.7 Å². The first kappa shape index (κ1) is 98.9. The van der Waals surface area contributed by atoms with Gasteiger partial charge >= 0.3 is 6.18 Å². The van der Waals surface area contributed by atoms with E-state index in [9.17, 15) is 46.3 Å². The number of carbonyl (C=O) groups excluding carboxylic acids is 6. The van der Waals surface area contributed by atoms with Crippen LogP contribution in [0.4, 0.5) is 57.4 Å². The fourth-order valence-corrected chi connectivity index (χ4v) is 14.3. The summed E-state index contributed by atoms with van der Waals surface area (Å²) < 4.78 is 121. The molecule has 0 radical (unpaired) electrons. The number of hydrogen-bond donors (Lipinski definition) is 6. The molecule has 12 aromatic carbocycles. The highest BCUT2D eigenvalue weighted by Gasteiger charge is 2.30. The Hall–Kier alpha value is -15.6. The highest BCUT2D eigenvalue weighted by molar-refractivity contribution is 5.95. The minimum atomic E-state index is -4.35. The predicted octanol–water partition coefficient (Wildman–Crippen LogP) is 19.7. The van der Waals surface area contributed by atoms with Crippen molar-refractivity contribution in [2.75, 3.05) is 137 Å². The van der Waals surface area contributed by atoms with E-state index >= 15 is 0 Å². The summed E-state index contributed by atoms with van der Waals surface area (Å²) in [6, 6.07) is 77.4. The van der Waals surface area contributed by atoms with Gasteiger partial charge in [0.15, 0.2) is 69.0 Å².